The summed E-state index contributed by atoms with van der Waals surface area (Å²) in [7, 11) is 0. The molecule has 0 aromatic heterocycles. The van der Waals surface area contributed by atoms with E-state index in [2.05, 4.69) is 6.07 Å². The van der Waals surface area contributed by atoms with Gasteiger partial charge in [-0.05, 0) is 24.1 Å². The van der Waals surface area contributed by atoms with E-state index in [1.54, 1.807) is 12.1 Å². The summed E-state index contributed by atoms with van der Waals surface area (Å²) in [5.41, 5.74) is 0.773. The lowest BCUT2D eigenvalue weighted by Gasteiger charge is -2.37. The average molecular weight is 346 g/mol. The van der Waals surface area contributed by atoms with E-state index in [-0.39, 0.29) is 17.8 Å². The lowest BCUT2D eigenvalue weighted by molar-refractivity contribution is -0.134. The van der Waals surface area contributed by atoms with E-state index in [4.69, 9.17) is 0 Å². The molecule has 2 saturated heterocycles. The molecule has 0 aliphatic carbocycles. The number of likely N-dealkylation sites (tertiary alicyclic amines) is 1. The highest BCUT2D eigenvalue weighted by molar-refractivity contribution is 5.78. The van der Waals surface area contributed by atoms with Gasteiger partial charge in [-0.2, -0.15) is 5.26 Å². The van der Waals surface area contributed by atoms with Crippen LogP contribution in [-0.4, -0.2) is 77.6 Å². The van der Waals surface area contributed by atoms with Crippen LogP contribution in [0.3, 0.4) is 0 Å². The van der Waals surface area contributed by atoms with Crippen molar-refractivity contribution in [2.24, 2.45) is 0 Å². The number of benzene rings is 1. The summed E-state index contributed by atoms with van der Waals surface area (Å²) in [6, 6.07) is 7.86. The van der Waals surface area contributed by atoms with Gasteiger partial charge in [0, 0.05) is 39.3 Å². The van der Waals surface area contributed by atoms with Crippen LogP contribution in [0.15, 0.2) is 24.3 Å². The first kappa shape index (κ1) is 17.8. The molecule has 1 amide bonds. The molecule has 2 aliphatic rings. The van der Waals surface area contributed by atoms with Gasteiger partial charge < -0.3 is 10.0 Å². The topological polar surface area (TPSA) is 70.8 Å². The van der Waals surface area contributed by atoms with Crippen molar-refractivity contribution in [3.8, 4) is 6.07 Å². The van der Waals surface area contributed by atoms with Crippen LogP contribution in [-0.2, 0) is 4.79 Å². The zero-order chi connectivity index (χ0) is 17.8. The third-order valence-corrected chi connectivity index (χ3v) is 4.95. The summed E-state index contributed by atoms with van der Waals surface area (Å²) < 4.78 is 13.1. The number of amides is 1. The number of carbonyl (C=O) groups is 1. The van der Waals surface area contributed by atoms with E-state index < -0.39 is 6.04 Å². The fourth-order valence-corrected chi connectivity index (χ4v) is 3.49. The molecule has 3 rings (SSSR count). The van der Waals surface area contributed by atoms with Gasteiger partial charge in [0.1, 0.15) is 11.9 Å². The fraction of sp³-hybridized carbons (Fsp3) is 0.556. The molecule has 2 fully saturated rings. The molecule has 1 aromatic rings. The Morgan fingerprint density at radius 2 is 1.92 bits per heavy atom. The van der Waals surface area contributed by atoms with Gasteiger partial charge in [0.25, 0.3) is 0 Å². The zero-order valence-electron chi connectivity index (χ0n) is 14.1. The van der Waals surface area contributed by atoms with Crippen LogP contribution in [0.5, 0.6) is 0 Å². The molecular weight excluding hydrogens is 323 g/mol. The Morgan fingerprint density at radius 3 is 2.48 bits per heavy atom. The first-order valence-corrected chi connectivity index (χ1v) is 8.64. The van der Waals surface area contributed by atoms with Crippen molar-refractivity contribution in [1.29, 1.82) is 5.26 Å². The Balaban J connectivity index is 1.53. The number of halogens is 1. The van der Waals surface area contributed by atoms with Gasteiger partial charge in [0.05, 0.1) is 18.7 Å². The van der Waals surface area contributed by atoms with Crippen LogP contribution in [0.2, 0.25) is 0 Å². The number of aliphatic hydroxyl groups is 1. The number of nitrogens with zero attached hydrogens (tertiary/aromatic N) is 4. The summed E-state index contributed by atoms with van der Waals surface area (Å²) in [5.74, 6) is -0.244. The van der Waals surface area contributed by atoms with Crippen LogP contribution < -0.4 is 0 Å². The molecule has 2 aliphatic heterocycles. The van der Waals surface area contributed by atoms with Crippen molar-refractivity contribution in [2.45, 2.75) is 18.6 Å². The average Bonchev–Trinajstić information content (AvgIpc) is 3.02. The van der Waals surface area contributed by atoms with E-state index in [9.17, 15) is 19.6 Å². The minimum Gasteiger partial charge on any atom is -0.392 e. The van der Waals surface area contributed by atoms with Gasteiger partial charge in [-0.1, -0.05) is 12.1 Å². The van der Waals surface area contributed by atoms with Crippen LogP contribution in [0, 0.1) is 17.1 Å². The molecule has 0 saturated carbocycles. The summed E-state index contributed by atoms with van der Waals surface area (Å²) in [6.07, 6.45) is 0.402. The maximum absolute atomic E-state index is 13.1. The number of nitriles is 1. The lowest BCUT2D eigenvalue weighted by atomic mass is 10.1. The predicted octanol–water partition coefficient (Wildman–Crippen LogP) is 0.601. The second-order valence-corrected chi connectivity index (χ2v) is 6.68. The SMILES string of the molecule is N#CC(c1ccc(F)cc1)N1CCN(C(=O)CN2CC[C@@H](O)C2)CC1. The molecule has 2 atom stereocenters. The maximum Gasteiger partial charge on any atom is 0.236 e. The van der Waals surface area contributed by atoms with E-state index in [0.717, 1.165) is 18.5 Å². The van der Waals surface area contributed by atoms with Gasteiger partial charge in [-0.15, -0.1) is 0 Å². The Bertz CT molecular complexity index is 637. The molecule has 2 heterocycles. The summed E-state index contributed by atoms with van der Waals surface area (Å²) in [6.45, 7) is 4.05. The number of aliphatic hydroxyl groups excluding tert-OH is 1. The molecule has 1 aromatic carbocycles. The van der Waals surface area contributed by atoms with Gasteiger partial charge in [-0.25, -0.2) is 4.39 Å². The molecule has 0 spiro atoms. The van der Waals surface area contributed by atoms with E-state index >= 15 is 0 Å². The molecule has 134 valence electrons. The minimum atomic E-state index is -0.424. The monoisotopic (exact) mass is 346 g/mol. The molecular formula is C18H23FN4O2. The Morgan fingerprint density at radius 1 is 1.24 bits per heavy atom. The Labute approximate surface area is 147 Å². The number of β-amino-alcohol motifs (C(OH)–C–C–N with tert-alkyl or cyclic N) is 1. The fourth-order valence-electron chi connectivity index (χ4n) is 3.49. The van der Waals surface area contributed by atoms with Crippen molar-refractivity contribution in [1.82, 2.24) is 14.7 Å². The maximum atomic E-state index is 13.1. The van der Waals surface area contributed by atoms with Gasteiger partial charge in [0.2, 0.25) is 5.91 Å². The lowest BCUT2D eigenvalue weighted by Crippen LogP contribution is -2.51. The second kappa shape index (κ2) is 7.91. The summed E-state index contributed by atoms with van der Waals surface area (Å²) in [4.78, 5) is 18.2. The predicted molar refractivity (Wildman–Crippen MR) is 90.0 cm³/mol. The Kier molecular flexibility index (Phi) is 5.63. The number of carbonyl (C=O) groups excluding carboxylic acids is 1. The van der Waals surface area contributed by atoms with Crippen molar-refractivity contribution < 1.29 is 14.3 Å². The second-order valence-electron chi connectivity index (χ2n) is 6.68. The van der Waals surface area contributed by atoms with Crippen molar-refractivity contribution in [3.05, 3.63) is 35.6 Å². The van der Waals surface area contributed by atoms with Gasteiger partial charge in [0.15, 0.2) is 0 Å². The van der Waals surface area contributed by atoms with Crippen LogP contribution >= 0.6 is 0 Å². The van der Waals surface area contributed by atoms with E-state index in [1.165, 1.54) is 12.1 Å². The van der Waals surface area contributed by atoms with Crippen molar-refractivity contribution in [2.75, 3.05) is 45.8 Å². The number of rotatable bonds is 4. The standard InChI is InChI=1S/C18H23FN4O2/c19-15-3-1-14(2-4-15)17(11-20)22-7-9-23(10-8-22)18(25)13-21-6-5-16(24)12-21/h1-4,16-17,24H,5-10,12-13H2/t16-,17?/m1/s1. The molecule has 25 heavy (non-hydrogen) atoms. The van der Waals surface area contributed by atoms with Crippen molar-refractivity contribution in [3.63, 3.8) is 0 Å². The molecule has 1 unspecified atom stereocenters. The van der Waals surface area contributed by atoms with Gasteiger partial charge in [-0.3, -0.25) is 14.6 Å². The minimum absolute atomic E-state index is 0.0732. The summed E-state index contributed by atoms with van der Waals surface area (Å²) in [5, 5.41) is 19.0. The number of piperazine rings is 1. The molecule has 6 nitrogen and oxygen atoms in total. The third kappa shape index (κ3) is 4.34. The Hall–Kier alpha value is -2.01. The van der Waals surface area contributed by atoms with Crippen LogP contribution in [0.4, 0.5) is 4.39 Å². The van der Waals surface area contributed by atoms with Crippen LogP contribution in [0.1, 0.15) is 18.0 Å². The van der Waals surface area contributed by atoms with E-state index in [1.807, 2.05) is 14.7 Å². The third-order valence-electron chi connectivity index (χ3n) is 4.95. The molecule has 1 N–H and O–H groups in total. The first-order valence-electron chi connectivity index (χ1n) is 8.64. The highest BCUT2D eigenvalue weighted by Gasteiger charge is 2.29. The normalized spacial score (nSPS) is 23.4. The molecule has 0 bridgehead atoms. The van der Waals surface area contributed by atoms with Gasteiger partial charge >= 0.3 is 0 Å². The zero-order valence-corrected chi connectivity index (χ0v) is 14.1. The van der Waals surface area contributed by atoms with Crippen molar-refractivity contribution >= 4 is 5.91 Å². The van der Waals surface area contributed by atoms with E-state index in [0.29, 0.717) is 39.3 Å². The highest BCUT2D eigenvalue weighted by Crippen LogP contribution is 2.22. The molecule has 7 heteroatoms. The first-order chi connectivity index (χ1) is 12.1. The molecule has 0 radical (unpaired) electrons. The largest absolute Gasteiger partial charge is 0.392 e. The number of hydrogen-bond donors (Lipinski definition) is 1. The van der Waals surface area contributed by atoms with Crippen LogP contribution in [0.25, 0.3) is 0 Å². The summed E-state index contributed by atoms with van der Waals surface area (Å²) >= 11 is 0. The highest BCUT2D eigenvalue weighted by atomic mass is 19.1. The quantitative estimate of drug-likeness (QED) is 0.865. The smallest absolute Gasteiger partial charge is 0.236 e. The number of hydrogen-bond acceptors (Lipinski definition) is 5.